The average molecular weight is 908 g/mol. The van der Waals surface area contributed by atoms with Gasteiger partial charge in [0.1, 0.15) is 17.7 Å². The quantitative estimate of drug-likeness (QED) is 0.0603. The number of imide groups is 1. The second-order valence-electron chi connectivity index (χ2n) is 16.7. The number of carbonyl (C=O) groups is 5. The van der Waals surface area contributed by atoms with Gasteiger partial charge < -0.3 is 46.0 Å². The van der Waals surface area contributed by atoms with Crippen LogP contribution in [-0.4, -0.2) is 126 Å². The molecule has 3 fully saturated rings. The number of piperazine rings is 1. The molecule has 4 aromatic rings. The lowest BCUT2D eigenvalue weighted by molar-refractivity contribution is -0.136. The molecule has 0 spiro atoms. The summed E-state index contributed by atoms with van der Waals surface area (Å²) in [7, 11) is 1.52. The van der Waals surface area contributed by atoms with Crippen molar-refractivity contribution in [2.45, 2.75) is 69.6 Å². The number of rotatable bonds is 14. The maximum Gasteiger partial charge on any atom is 0.317 e. The van der Waals surface area contributed by atoms with E-state index >= 15 is 0 Å². The molecule has 1 saturated carbocycles. The zero-order valence-electron chi connectivity index (χ0n) is 37.3. The molecule has 19 heteroatoms. The molecule has 1 aliphatic carbocycles. The van der Waals surface area contributed by atoms with E-state index in [1.807, 2.05) is 35.2 Å². The van der Waals surface area contributed by atoms with Crippen LogP contribution >= 0.6 is 0 Å². The highest BCUT2D eigenvalue weighted by atomic mass is 16.5. The molecule has 5 heterocycles. The number of hydrogen-bond donors (Lipinski definition) is 6. The number of carbonyl (C=O) groups excluding carboxylic acids is 5. The lowest BCUT2D eigenvalue weighted by Crippen LogP contribution is -2.54. The zero-order valence-corrected chi connectivity index (χ0v) is 37.3. The summed E-state index contributed by atoms with van der Waals surface area (Å²) in [6.45, 7) is 4.70. The Labute approximate surface area is 388 Å². The summed E-state index contributed by atoms with van der Waals surface area (Å²) in [5, 5.41) is 27.7. The third-order valence-corrected chi connectivity index (χ3v) is 12.4. The fourth-order valence-electron chi connectivity index (χ4n) is 8.73. The van der Waals surface area contributed by atoms with Crippen LogP contribution in [0.15, 0.2) is 67.0 Å². The predicted octanol–water partition coefficient (Wildman–Crippen LogP) is 3.54. The molecule has 346 valence electrons. The molecule has 0 radical (unpaired) electrons. The van der Waals surface area contributed by atoms with Gasteiger partial charge in [-0.15, -0.1) is 0 Å². The lowest BCUT2D eigenvalue weighted by Gasteiger charge is -2.37. The highest BCUT2D eigenvalue weighted by Crippen LogP contribution is 2.30. The highest BCUT2D eigenvalue weighted by molar-refractivity contribution is 6.05. The van der Waals surface area contributed by atoms with E-state index < -0.39 is 11.9 Å². The Morgan fingerprint density at radius 3 is 2.45 bits per heavy atom. The largest absolute Gasteiger partial charge is 0.379 e. The molecule has 1 atom stereocenters. The van der Waals surface area contributed by atoms with E-state index in [2.05, 4.69) is 69.7 Å². The summed E-state index contributed by atoms with van der Waals surface area (Å²) >= 11 is 0. The zero-order chi connectivity index (χ0) is 46.7. The van der Waals surface area contributed by atoms with Gasteiger partial charge in [-0.2, -0.15) is 10.2 Å². The van der Waals surface area contributed by atoms with Gasteiger partial charge in [-0.1, -0.05) is 17.9 Å². The molecule has 2 aromatic heterocycles. The van der Waals surface area contributed by atoms with Gasteiger partial charge in [0.25, 0.3) is 11.8 Å². The van der Waals surface area contributed by atoms with Gasteiger partial charge in [0, 0.05) is 99.9 Å². The smallest absolute Gasteiger partial charge is 0.317 e. The SMILES string of the molecule is CNC(=O)c1ncccc1Nc1nc(Nc2ccc(N3CCN(C(=O)N[C@H]4CC[C@@H](NCCOCCC#Cc5cccc6c5CN(C5CCC(=O)NC5=O)C6=O)CC4)CC3)cc2)ncc1C#N. The summed E-state index contributed by atoms with van der Waals surface area (Å²) in [6.07, 6.45) is 7.76. The maximum absolute atomic E-state index is 13.2. The first-order chi connectivity index (χ1) is 32.7. The second-order valence-corrected chi connectivity index (χ2v) is 16.7. The number of amides is 6. The normalized spacial score (nSPS) is 19.1. The third kappa shape index (κ3) is 11.3. The number of piperidine rings is 1. The molecule has 2 saturated heterocycles. The van der Waals surface area contributed by atoms with Crippen molar-refractivity contribution in [2.75, 3.05) is 68.5 Å². The summed E-state index contributed by atoms with van der Waals surface area (Å²) in [4.78, 5) is 81.3. The van der Waals surface area contributed by atoms with Crippen molar-refractivity contribution in [3.63, 3.8) is 0 Å². The number of pyridine rings is 1. The molecular formula is C48H53N13O6. The fourth-order valence-corrected chi connectivity index (χ4v) is 8.73. The predicted molar refractivity (Wildman–Crippen MR) is 249 cm³/mol. The molecule has 1 unspecified atom stereocenters. The van der Waals surface area contributed by atoms with E-state index in [1.54, 1.807) is 24.3 Å². The lowest BCUT2D eigenvalue weighted by atomic mass is 9.91. The van der Waals surface area contributed by atoms with Crippen LogP contribution < -0.4 is 36.8 Å². The van der Waals surface area contributed by atoms with Crippen molar-refractivity contribution in [1.29, 1.82) is 5.26 Å². The number of benzene rings is 2. The van der Waals surface area contributed by atoms with Crippen molar-refractivity contribution in [2.24, 2.45) is 0 Å². The number of nitrogens with zero attached hydrogens (tertiary/aromatic N) is 7. The van der Waals surface area contributed by atoms with Crippen LogP contribution in [0.2, 0.25) is 0 Å². The van der Waals surface area contributed by atoms with E-state index in [4.69, 9.17) is 4.74 Å². The Kier molecular flexibility index (Phi) is 14.8. The molecule has 8 rings (SSSR count). The minimum atomic E-state index is -0.658. The van der Waals surface area contributed by atoms with E-state index in [0.717, 1.165) is 54.7 Å². The second kappa shape index (κ2) is 21.6. The number of aromatic nitrogens is 3. The number of ether oxygens (including phenoxy) is 1. The number of anilines is 5. The Balaban J connectivity index is 0.701. The van der Waals surface area contributed by atoms with E-state index in [-0.39, 0.29) is 59.2 Å². The molecule has 4 aliphatic rings. The van der Waals surface area contributed by atoms with Gasteiger partial charge >= 0.3 is 6.03 Å². The molecule has 0 bridgehead atoms. The number of hydrogen-bond acceptors (Lipinski definition) is 14. The first kappa shape index (κ1) is 45.9. The molecule has 67 heavy (non-hydrogen) atoms. The number of nitriles is 1. The van der Waals surface area contributed by atoms with E-state index in [0.29, 0.717) is 76.1 Å². The van der Waals surface area contributed by atoms with Gasteiger partial charge in [-0.05, 0) is 86.2 Å². The van der Waals surface area contributed by atoms with Crippen LogP contribution in [0.5, 0.6) is 0 Å². The monoisotopic (exact) mass is 907 g/mol. The van der Waals surface area contributed by atoms with Crippen LogP contribution in [0.1, 0.15) is 82.5 Å². The van der Waals surface area contributed by atoms with Crippen LogP contribution in [0.25, 0.3) is 0 Å². The highest BCUT2D eigenvalue weighted by Gasteiger charge is 2.39. The molecule has 19 nitrogen and oxygen atoms in total. The number of fused-ring (bicyclic) bond motifs is 1. The molecule has 6 N–H and O–H groups in total. The molecular weight excluding hydrogens is 855 g/mol. The fraction of sp³-hybridized carbons (Fsp3) is 0.396. The topological polar surface area (TPSA) is 239 Å². The average Bonchev–Trinajstić information content (AvgIpc) is 3.69. The first-order valence-electron chi connectivity index (χ1n) is 22.6. The minimum Gasteiger partial charge on any atom is -0.379 e. The van der Waals surface area contributed by atoms with Crippen LogP contribution in [0.4, 0.5) is 33.6 Å². The van der Waals surface area contributed by atoms with Crippen LogP contribution in [-0.2, 0) is 20.9 Å². The molecule has 6 amide bonds. The summed E-state index contributed by atoms with van der Waals surface area (Å²) < 4.78 is 5.84. The van der Waals surface area contributed by atoms with E-state index in [1.165, 1.54) is 24.3 Å². The third-order valence-electron chi connectivity index (χ3n) is 12.4. The Morgan fingerprint density at radius 2 is 1.69 bits per heavy atom. The van der Waals surface area contributed by atoms with Crippen molar-refractivity contribution >= 4 is 58.5 Å². The summed E-state index contributed by atoms with van der Waals surface area (Å²) in [5.74, 6) is 5.51. The van der Waals surface area contributed by atoms with Gasteiger partial charge in [0.15, 0.2) is 11.5 Å². The van der Waals surface area contributed by atoms with Gasteiger partial charge in [-0.3, -0.25) is 24.5 Å². The van der Waals surface area contributed by atoms with Crippen molar-refractivity contribution < 1.29 is 28.7 Å². The van der Waals surface area contributed by atoms with Crippen molar-refractivity contribution in [1.82, 2.24) is 46.0 Å². The standard InChI is InChI=1S/C48H53N13O6/c1-50-45(64)42-39(9-5-20-52-42)56-43-32(28-49)29-53-47(58-43)54-34-14-16-36(17-15-34)59-22-24-60(25-23-59)48(66)55-35-12-10-33(11-13-35)51-21-27-67-26-3-2-6-31-7-4-8-37-38(31)30-61(46(37)65)40-18-19-41(62)57-44(40)63/h4-5,7-9,14-17,20,29,33,35,40,51H,3,10-13,18-19,21-27,30H2,1H3,(H,50,64)(H,55,66)(H,57,62,63)(H2,53,54,56,58)/t33-,35+,40?. The van der Waals surface area contributed by atoms with Crippen LogP contribution in [0.3, 0.4) is 0 Å². The van der Waals surface area contributed by atoms with Crippen molar-refractivity contribution in [3.05, 3.63) is 94.9 Å². The Hall–Kier alpha value is -7.61. The molecule has 2 aromatic carbocycles. The van der Waals surface area contributed by atoms with Gasteiger partial charge in [-0.25, -0.2) is 14.8 Å². The van der Waals surface area contributed by atoms with Gasteiger partial charge in [0.2, 0.25) is 17.8 Å². The van der Waals surface area contributed by atoms with Crippen LogP contribution in [0, 0.1) is 23.2 Å². The summed E-state index contributed by atoms with van der Waals surface area (Å²) in [6, 6.07) is 18.6. The summed E-state index contributed by atoms with van der Waals surface area (Å²) in [5.41, 5.74) is 4.68. The Bertz CT molecular complexity index is 2590. The molecule has 3 aliphatic heterocycles. The number of nitrogens with one attached hydrogen (secondary N) is 6. The number of urea groups is 1. The van der Waals surface area contributed by atoms with Crippen molar-refractivity contribution in [3.8, 4) is 17.9 Å². The Morgan fingerprint density at radius 1 is 0.896 bits per heavy atom. The first-order valence-corrected chi connectivity index (χ1v) is 22.6. The minimum absolute atomic E-state index is 0.0175. The van der Waals surface area contributed by atoms with E-state index in [9.17, 15) is 29.2 Å². The maximum atomic E-state index is 13.2. The van der Waals surface area contributed by atoms with Gasteiger partial charge in [0.05, 0.1) is 25.1 Å².